The first-order chi connectivity index (χ1) is 12.5. The van der Waals surface area contributed by atoms with E-state index >= 15 is 0 Å². The summed E-state index contributed by atoms with van der Waals surface area (Å²) in [5, 5.41) is 9.09. The molecule has 4 rings (SSSR count). The Morgan fingerprint density at radius 3 is 2.85 bits per heavy atom. The van der Waals surface area contributed by atoms with Crippen molar-refractivity contribution in [3.63, 3.8) is 0 Å². The minimum absolute atomic E-state index is 0.164. The van der Waals surface area contributed by atoms with Crippen LogP contribution in [0.5, 0.6) is 5.75 Å². The number of ether oxygens (including phenoxy) is 1. The summed E-state index contributed by atoms with van der Waals surface area (Å²) >= 11 is 6.15. The molecule has 1 atom stereocenters. The van der Waals surface area contributed by atoms with Crippen molar-refractivity contribution in [1.29, 1.82) is 0 Å². The fourth-order valence-corrected chi connectivity index (χ4v) is 3.62. The third-order valence-corrected chi connectivity index (χ3v) is 5.33. The van der Waals surface area contributed by atoms with Crippen LogP contribution in [0.15, 0.2) is 30.5 Å². The van der Waals surface area contributed by atoms with Crippen molar-refractivity contribution in [1.82, 2.24) is 14.6 Å². The van der Waals surface area contributed by atoms with Crippen LogP contribution < -0.4 is 4.74 Å². The molecular formula is C20H21ClFN3O. The molecule has 6 heteroatoms. The molecule has 26 heavy (non-hydrogen) atoms. The molecule has 136 valence electrons. The van der Waals surface area contributed by atoms with Crippen molar-refractivity contribution in [2.45, 2.75) is 39.0 Å². The van der Waals surface area contributed by atoms with Crippen LogP contribution in [-0.2, 0) is 6.42 Å². The van der Waals surface area contributed by atoms with Crippen LogP contribution in [0, 0.1) is 18.7 Å². The Bertz CT molecular complexity index is 931. The molecule has 3 aromatic rings. The average Bonchev–Trinajstić information content (AvgIpc) is 3.33. The molecule has 0 radical (unpaired) electrons. The Labute approximate surface area is 157 Å². The van der Waals surface area contributed by atoms with Gasteiger partial charge in [0, 0.05) is 34.7 Å². The second kappa shape index (κ2) is 6.88. The van der Waals surface area contributed by atoms with E-state index < -0.39 is 0 Å². The Hall–Kier alpha value is -2.14. The van der Waals surface area contributed by atoms with Gasteiger partial charge in [-0.3, -0.25) is 4.40 Å². The van der Waals surface area contributed by atoms with Crippen molar-refractivity contribution in [3.8, 4) is 5.75 Å². The van der Waals surface area contributed by atoms with Gasteiger partial charge < -0.3 is 4.74 Å². The fourth-order valence-electron chi connectivity index (χ4n) is 3.27. The van der Waals surface area contributed by atoms with Crippen molar-refractivity contribution in [2.75, 3.05) is 6.61 Å². The summed E-state index contributed by atoms with van der Waals surface area (Å²) in [5.41, 5.74) is 2.24. The minimum atomic E-state index is -0.303. The van der Waals surface area contributed by atoms with E-state index in [-0.39, 0.29) is 11.7 Å². The van der Waals surface area contributed by atoms with Gasteiger partial charge in [-0.25, -0.2) is 4.39 Å². The van der Waals surface area contributed by atoms with Crippen molar-refractivity contribution in [3.05, 3.63) is 58.3 Å². The van der Waals surface area contributed by atoms with E-state index in [1.807, 2.05) is 30.5 Å². The van der Waals surface area contributed by atoms with Gasteiger partial charge in [-0.1, -0.05) is 24.6 Å². The Morgan fingerprint density at radius 1 is 1.31 bits per heavy atom. The van der Waals surface area contributed by atoms with Gasteiger partial charge in [0.25, 0.3) is 0 Å². The highest BCUT2D eigenvalue weighted by molar-refractivity contribution is 6.31. The molecule has 1 aromatic carbocycles. The SMILES string of the molecule is Cc1c(OC[C@H](C)c2c(F)cccc2Cl)ccn2c(CC3CC3)nnc12. The van der Waals surface area contributed by atoms with Gasteiger partial charge in [0.15, 0.2) is 5.65 Å². The number of halogens is 2. The van der Waals surface area contributed by atoms with E-state index in [9.17, 15) is 4.39 Å². The van der Waals surface area contributed by atoms with Crippen LogP contribution in [0.25, 0.3) is 5.65 Å². The molecule has 0 unspecified atom stereocenters. The van der Waals surface area contributed by atoms with Crippen LogP contribution in [0.1, 0.15) is 42.6 Å². The zero-order valence-corrected chi connectivity index (χ0v) is 15.6. The summed E-state index contributed by atoms with van der Waals surface area (Å²) in [6, 6.07) is 6.66. The molecule has 0 spiro atoms. The number of rotatable bonds is 6. The van der Waals surface area contributed by atoms with Crippen LogP contribution in [0.4, 0.5) is 4.39 Å². The lowest BCUT2D eigenvalue weighted by molar-refractivity contribution is 0.291. The van der Waals surface area contributed by atoms with Crippen LogP contribution in [0.2, 0.25) is 5.02 Å². The summed E-state index contributed by atoms with van der Waals surface area (Å²) in [5.74, 6) is 2.03. The van der Waals surface area contributed by atoms with Crippen LogP contribution >= 0.6 is 11.6 Å². The van der Waals surface area contributed by atoms with E-state index in [2.05, 4.69) is 10.2 Å². The lowest BCUT2D eigenvalue weighted by Crippen LogP contribution is -2.10. The molecular weight excluding hydrogens is 353 g/mol. The fraction of sp³-hybridized carbons (Fsp3) is 0.400. The van der Waals surface area contributed by atoms with Crippen molar-refractivity contribution >= 4 is 17.2 Å². The molecule has 1 fully saturated rings. The van der Waals surface area contributed by atoms with Gasteiger partial charge in [-0.15, -0.1) is 10.2 Å². The third-order valence-electron chi connectivity index (χ3n) is 5.00. The van der Waals surface area contributed by atoms with Crippen molar-refractivity contribution in [2.24, 2.45) is 5.92 Å². The largest absolute Gasteiger partial charge is 0.492 e. The average molecular weight is 374 g/mol. The normalized spacial score (nSPS) is 15.4. The Morgan fingerprint density at radius 2 is 2.12 bits per heavy atom. The molecule has 1 aliphatic rings. The monoisotopic (exact) mass is 373 g/mol. The predicted molar refractivity (Wildman–Crippen MR) is 99.5 cm³/mol. The number of hydrogen-bond donors (Lipinski definition) is 0. The van der Waals surface area contributed by atoms with E-state index in [0.717, 1.165) is 35.1 Å². The molecule has 0 bridgehead atoms. The molecule has 2 aromatic heterocycles. The zero-order chi connectivity index (χ0) is 18.3. The van der Waals surface area contributed by atoms with Crippen molar-refractivity contribution < 1.29 is 9.13 Å². The first kappa shape index (κ1) is 17.3. The smallest absolute Gasteiger partial charge is 0.167 e. The summed E-state index contributed by atoms with van der Waals surface area (Å²) in [6.45, 7) is 4.21. The second-order valence-corrected chi connectivity index (χ2v) is 7.52. The number of fused-ring (bicyclic) bond motifs is 1. The summed E-state index contributed by atoms with van der Waals surface area (Å²) in [4.78, 5) is 0. The molecule has 0 aliphatic heterocycles. The standard InChI is InChI=1S/C20H21ClFN3O/c1-12(19-15(21)4-3-5-16(19)22)11-26-17-8-9-25-18(10-14-6-7-14)23-24-20(25)13(17)2/h3-5,8-9,12,14H,6-7,10-11H2,1-2H3/t12-/m0/s1. The quantitative estimate of drug-likeness (QED) is 0.612. The topological polar surface area (TPSA) is 39.4 Å². The minimum Gasteiger partial charge on any atom is -0.492 e. The van der Waals surface area contributed by atoms with Gasteiger partial charge in [0.2, 0.25) is 0 Å². The van der Waals surface area contributed by atoms with Gasteiger partial charge in [0.05, 0.1) is 6.61 Å². The molecule has 1 saturated carbocycles. The maximum atomic E-state index is 14.1. The molecule has 0 N–H and O–H groups in total. The van der Waals surface area contributed by atoms with E-state index in [0.29, 0.717) is 17.2 Å². The zero-order valence-electron chi connectivity index (χ0n) is 14.9. The van der Waals surface area contributed by atoms with E-state index in [1.54, 1.807) is 12.1 Å². The lowest BCUT2D eigenvalue weighted by Gasteiger charge is -2.17. The number of pyridine rings is 1. The van der Waals surface area contributed by atoms with Gasteiger partial charge in [-0.2, -0.15) is 0 Å². The van der Waals surface area contributed by atoms with E-state index in [1.165, 1.54) is 18.9 Å². The van der Waals surface area contributed by atoms with Gasteiger partial charge in [0.1, 0.15) is 17.4 Å². The number of aromatic nitrogens is 3. The maximum absolute atomic E-state index is 14.1. The first-order valence-electron chi connectivity index (χ1n) is 8.94. The summed E-state index contributed by atoms with van der Waals surface area (Å²) < 4.78 is 22.1. The van der Waals surface area contributed by atoms with Gasteiger partial charge >= 0.3 is 0 Å². The molecule has 0 amide bonds. The third kappa shape index (κ3) is 3.28. The number of nitrogens with zero attached hydrogens (tertiary/aromatic N) is 3. The Balaban J connectivity index is 1.53. The number of benzene rings is 1. The number of aryl methyl sites for hydroxylation is 1. The highest BCUT2D eigenvalue weighted by Gasteiger charge is 2.24. The summed E-state index contributed by atoms with van der Waals surface area (Å²) in [7, 11) is 0. The highest BCUT2D eigenvalue weighted by atomic mass is 35.5. The Kier molecular flexibility index (Phi) is 4.57. The number of hydrogen-bond acceptors (Lipinski definition) is 3. The van der Waals surface area contributed by atoms with Crippen LogP contribution in [-0.4, -0.2) is 21.2 Å². The maximum Gasteiger partial charge on any atom is 0.167 e. The van der Waals surface area contributed by atoms with E-state index in [4.69, 9.17) is 16.3 Å². The van der Waals surface area contributed by atoms with Crippen LogP contribution in [0.3, 0.4) is 0 Å². The first-order valence-corrected chi connectivity index (χ1v) is 9.32. The summed E-state index contributed by atoms with van der Waals surface area (Å²) in [6.07, 6.45) is 5.50. The lowest BCUT2D eigenvalue weighted by atomic mass is 10.0. The highest BCUT2D eigenvalue weighted by Crippen LogP contribution is 2.33. The molecule has 2 heterocycles. The molecule has 1 aliphatic carbocycles. The predicted octanol–water partition coefficient (Wildman–Crippen LogP) is 4.97. The van der Waals surface area contributed by atoms with Gasteiger partial charge in [-0.05, 0) is 43.9 Å². The second-order valence-electron chi connectivity index (χ2n) is 7.11. The molecule has 0 saturated heterocycles. The molecule has 4 nitrogen and oxygen atoms in total.